The molecule has 1 rings (SSSR count). The minimum Gasteiger partial charge on any atom is -0.0669 e. The number of hydrogen-bond acceptors (Lipinski definition) is 0. The first-order valence-electron chi connectivity index (χ1n) is 6.29. The van der Waals surface area contributed by atoms with Crippen molar-refractivity contribution >= 4 is 7.28 Å². The van der Waals surface area contributed by atoms with Crippen molar-refractivity contribution in [3.8, 4) is 0 Å². The van der Waals surface area contributed by atoms with E-state index in [1.807, 2.05) is 0 Å². The Morgan fingerprint density at radius 3 is 2.21 bits per heavy atom. The van der Waals surface area contributed by atoms with Crippen molar-refractivity contribution in [3.05, 3.63) is 0 Å². The minimum atomic E-state index is 0.413. The molecule has 1 saturated carbocycles. The summed E-state index contributed by atoms with van der Waals surface area (Å²) in [7, 11) is 2.64. The van der Waals surface area contributed by atoms with Crippen LogP contribution in [0.2, 0.25) is 11.1 Å². The molecule has 0 spiro atoms. The van der Waals surface area contributed by atoms with Gasteiger partial charge >= 0.3 is 0 Å². The van der Waals surface area contributed by atoms with Gasteiger partial charge in [-0.3, -0.25) is 0 Å². The van der Waals surface area contributed by atoms with E-state index in [1.54, 1.807) is 0 Å². The third-order valence-corrected chi connectivity index (χ3v) is 4.31. The quantitative estimate of drug-likeness (QED) is 0.577. The zero-order chi connectivity index (χ0) is 10.8. The van der Waals surface area contributed by atoms with Crippen molar-refractivity contribution in [2.24, 2.45) is 11.8 Å². The van der Waals surface area contributed by atoms with Crippen molar-refractivity contribution < 1.29 is 0 Å². The van der Waals surface area contributed by atoms with Gasteiger partial charge in [-0.1, -0.05) is 71.4 Å². The predicted octanol–water partition coefficient (Wildman–Crippen LogP) is 4.54. The van der Waals surface area contributed by atoms with E-state index < -0.39 is 0 Å². The van der Waals surface area contributed by atoms with Gasteiger partial charge in [-0.2, -0.15) is 0 Å². The smallest absolute Gasteiger partial charge is 0.0669 e. The zero-order valence-electron chi connectivity index (χ0n) is 10.6. The summed E-state index contributed by atoms with van der Waals surface area (Å²) < 4.78 is 0. The van der Waals surface area contributed by atoms with Gasteiger partial charge < -0.3 is 0 Å². The van der Waals surface area contributed by atoms with Crippen LogP contribution in [0.1, 0.15) is 60.3 Å². The van der Waals surface area contributed by atoms with Crippen LogP contribution in [0.5, 0.6) is 0 Å². The van der Waals surface area contributed by atoms with Crippen LogP contribution in [-0.2, 0) is 0 Å². The summed E-state index contributed by atoms with van der Waals surface area (Å²) in [5.74, 6) is 2.56. The largest absolute Gasteiger partial charge is 0.122 e. The molecular weight excluding hydrogens is 167 g/mol. The second-order valence-corrected chi connectivity index (χ2v) is 6.07. The summed E-state index contributed by atoms with van der Waals surface area (Å²) in [6.07, 6.45) is 5.76. The van der Waals surface area contributed by atoms with E-state index in [9.17, 15) is 0 Å². The lowest BCUT2D eigenvalue weighted by Crippen LogP contribution is -2.28. The first-order chi connectivity index (χ1) is 6.43. The van der Waals surface area contributed by atoms with E-state index in [0.29, 0.717) is 5.31 Å². The molecule has 0 heterocycles. The fourth-order valence-corrected chi connectivity index (χ4v) is 2.34. The Labute approximate surface area is 91.1 Å². The average Bonchev–Trinajstić information content (AvgIpc) is 2.08. The molecule has 0 aliphatic heterocycles. The molecule has 1 fully saturated rings. The van der Waals surface area contributed by atoms with Crippen molar-refractivity contribution in [3.63, 3.8) is 0 Å². The lowest BCUT2D eigenvalue weighted by Gasteiger charge is -2.37. The molecule has 1 aliphatic carbocycles. The van der Waals surface area contributed by atoms with Gasteiger partial charge in [0, 0.05) is 0 Å². The maximum absolute atomic E-state index is 2.64. The van der Waals surface area contributed by atoms with Crippen LogP contribution in [0, 0.1) is 11.8 Å². The SMILES string of the molecule is CC1CCCCC1[B]C(C)(C)C(C)C. The van der Waals surface area contributed by atoms with E-state index >= 15 is 0 Å². The molecular formula is C13H26B. The summed E-state index contributed by atoms with van der Waals surface area (Å²) in [5.41, 5.74) is 0. The van der Waals surface area contributed by atoms with E-state index in [2.05, 4.69) is 41.9 Å². The highest BCUT2D eigenvalue weighted by atomic mass is 14.2. The fourth-order valence-electron chi connectivity index (χ4n) is 2.34. The van der Waals surface area contributed by atoms with Crippen LogP contribution in [0.25, 0.3) is 0 Å². The molecule has 2 unspecified atom stereocenters. The van der Waals surface area contributed by atoms with Gasteiger partial charge in [-0.15, -0.1) is 0 Å². The third-order valence-electron chi connectivity index (χ3n) is 4.31. The molecule has 0 aromatic carbocycles. The van der Waals surface area contributed by atoms with Gasteiger partial charge in [0.2, 0.25) is 0 Å². The van der Waals surface area contributed by atoms with Crippen LogP contribution < -0.4 is 0 Å². The average molecular weight is 193 g/mol. The molecule has 14 heavy (non-hydrogen) atoms. The second-order valence-electron chi connectivity index (χ2n) is 6.07. The van der Waals surface area contributed by atoms with Crippen LogP contribution in [0.4, 0.5) is 0 Å². The molecule has 0 aromatic heterocycles. The molecule has 1 radical (unpaired) electrons. The van der Waals surface area contributed by atoms with Gasteiger partial charge in [-0.25, -0.2) is 0 Å². The Balaban J connectivity index is 2.49. The standard InChI is InChI=1S/C13H26B/c1-10(2)13(4,5)14-12-9-7-6-8-11(12)3/h10-12H,6-9H2,1-5H3. The van der Waals surface area contributed by atoms with Gasteiger partial charge in [-0.05, 0) is 11.8 Å². The van der Waals surface area contributed by atoms with Gasteiger partial charge in [0.25, 0.3) is 0 Å². The Hall–Kier alpha value is 0.0649. The van der Waals surface area contributed by atoms with E-state index in [-0.39, 0.29) is 0 Å². The van der Waals surface area contributed by atoms with Gasteiger partial charge in [0.1, 0.15) is 7.28 Å². The minimum absolute atomic E-state index is 0.413. The number of rotatable bonds is 3. The maximum atomic E-state index is 2.64. The number of hydrogen-bond donors (Lipinski definition) is 0. The molecule has 0 N–H and O–H groups in total. The summed E-state index contributed by atoms with van der Waals surface area (Å²) in [6, 6.07) is 0. The molecule has 1 aliphatic rings. The molecule has 2 atom stereocenters. The van der Waals surface area contributed by atoms with Crippen molar-refractivity contribution in [2.45, 2.75) is 71.4 Å². The normalized spacial score (nSPS) is 29.3. The molecule has 0 amide bonds. The van der Waals surface area contributed by atoms with Crippen LogP contribution >= 0.6 is 0 Å². The van der Waals surface area contributed by atoms with Gasteiger partial charge in [0.15, 0.2) is 0 Å². The first-order valence-corrected chi connectivity index (χ1v) is 6.29. The molecule has 0 aromatic rings. The Bertz CT molecular complexity index is 172. The summed E-state index contributed by atoms with van der Waals surface area (Å²) >= 11 is 0. The highest BCUT2D eigenvalue weighted by Crippen LogP contribution is 2.43. The summed E-state index contributed by atoms with van der Waals surface area (Å²) in [4.78, 5) is 0. The van der Waals surface area contributed by atoms with Crippen LogP contribution in [0.3, 0.4) is 0 Å². The molecule has 81 valence electrons. The highest BCUT2D eigenvalue weighted by Gasteiger charge is 2.31. The maximum Gasteiger partial charge on any atom is 0.122 e. The van der Waals surface area contributed by atoms with Gasteiger partial charge in [0.05, 0.1) is 0 Å². The second kappa shape index (κ2) is 4.72. The third kappa shape index (κ3) is 3.03. The topological polar surface area (TPSA) is 0 Å². The Kier molecular flexibility index (Phi) is 4.09. The first kappa shape index (κ1) is 12.1. The highest BCUT2D eigenvalue weighted by molar-refractivity contribution is 6.42. The molecule has 0 saturated heterocycles. The molecule has 0 nitrogen and oxygen atoms in total. The van der Waals surface area contributed by atoms with E-state index in [1.165, 1.54) is 25.7 Å². The summed E-state index contributed by atoms with van der Waals surface area (Å²) in [5, 5.41) is 0.413. The lowest BCUT2D eigenvalue weighted by atomic mass is 9.40. The predicted molar refractivity (Wildman–Crippen MR) is 66.0 cm³/mol. The van der Waals surface area contributed by atoms with Crippen LogP contribution in [0.15, 0.2) is 0 Å². The molecule has 0 bridgehead atoms. The zero-order valence-corrected chi connectivity index (χ0v) is 10.6. The van der Waals surface area contributed by atoms with E-state index in [0.717, 1.165) is 17.7 Å². The van der Waals surface area contributed by atoms with Crippen molar-refractivity contribution in [1.29, 1.82) is 0 Å². The lowest BCUT2D eigenvalue weighted by molar-refractivity contribution is 0.367. The Morgan fingerprint density at radius 2 is 1.71 bits per heavy atom. The fraction of sp³-hybridized carbons (Fsp3) is 1.00. The van der Waals surface area contributed by atoms with Crippen molar-refractivity contribution in [2.75, 3.05) is 0 Å². The van der Waals surface area contributed by atoms with E-state index in [4.69, 9.17) is 0 Å². The van der Waals surface area contributed by atoms with Crippen molar-refractivity contribution in [1.82, 2.24) is 0 Å². The monoisotopic (exact) mass is 193 g/mol. The Morgan fingerprint density at radius 1 is 1.14 bits per heavy atom. The van der Waals surface area contributed by atoms with Crippen LogP contribution in [-0.4, -0.2) is 7.28 Å². The molecule has 1 heteroatoms. The summed E-state index contributed by atoms with van der Waals surface area (Å²) in [6.45, 7) is 11.9.